The number of rotatable bonds is 7. The molecule has 2 amide bonds. The molecule has 2 N–H and O–H groups in total. The molecule has 2 aliphatic rings. The van der Waals surface area contributed by atoms with Crippen LogP contribution >= 0.6 is 11.8 Å². The van der Waals surface area contributed by atoms with Crippen LogP contribution in [0.3, 0.4) is 0 Å². The van der Waals surface area contributed by atoms with Crippen LogP contribution in [0, 0.1) is 5.41 Å². The Bertz CT molecular complexity index is 629. The third-order valence-electron chi connectivity index (χ3n) is 5.97. The van der Waals surface area contributed by atoms with Crippen molar-refractivity contribution in [3.8, 4) is 0 Å². The van der Waals surface area contributed by atoms with Gasteiger partial charge in [-0.05, 0) is 43.1 Å². The van der Waals surface area contributed by atoms with Crippen molar-refractivity contribution in [3.63, 3.8) is 0 Å². The predicted molar refractivity (Wildman–Crippen MR) is 105 cm³/mol. The zero-order chi connectivity index (χ0) is 19.3. The van der Waals surface area contributed by atoms with E-state index in [1.54, 1.807) is 24.3 Å². The van der Waals surface area contributed by atoms with Crippen molar-refractivity contribution < 1.29 is 14.7 Å². The van der Waals surface area contributed by atoms with Gasteiger partial charge in [-0.15, -0.1) is 0 Å². The zero-order valence-corrected chi connectivity index (χ0v) is 16.8. The number of aromatic nitrogens is 2. The van der Waals surface area contributed by atoms with Crippen LogP contribution in [0.2, 0.25) is 0 Å². The second-order valence-corrected chi connectivity index (χ2v) is 8.75. The van der Waals surface area contributed by atoms with Gasteiger partial charge < -0.3 is 19.9 Å². The molecule has 8 heteroatoms. The third-order valence-corrected chi connectivity index (χ3v) is 6.61. The van der Waals surface area contributed by atoms with E-state index in [-0.39, 0.29) is 17.2 Å². The average molecular weight is 395 g/mol. The standard InChI is InChI=1S/C19H30N4O3S/c1-27-11-4-16(24)18(26)22-9-6-19(7-10-22)5-2-17(25)23(13-19)8-3-15-12-20-14-21-15/h12,14,16,24H,2-11,13H2,1H3,(H,20,21). The van der Waals surface area contributed by atoms with Gasteiger partial charge in [-0.3, -0.25) is 9.59 Å². The highest BCUT2D eigenvalue weighted by atomic mass is 32.2. The highest BCUT2D eigenvalue weighted by molar-refractivity contribution is 7.98. The van der Waals surface area contributed by atoms with Gasteiger partial charge in [0, 0.05) is 50.9 Å². The number of H-pyrrole nitrogens is 1. The van der Waals surface area contributed by atoms with Gasteiger partial charge in [0.1, 0.15) is 6.10 Å². The number of hydrogen-bond acceptors (Lipinski definition) is 5. The minimum absolute atomic E-state index is 0.114. The SMILES string of the molecule is CSCCC(O)C(=O)N1CCC2(CCC(=O)N(CCc3cnc[nH]3)C2)CC1. The molecule has 2 aliphatic heterocycles. The molecule has 3 rings (SSSR count). The molecule has 27 heavy (non-hydrogen) atoms. The lowest BCUT2D eigenvalue weighted by atomic mass is 9.72. The minimum atomic E-state index is -0.884. The van der Waals surface area contributed by atoms with E-state index in [0.29, 0.717) is 32.5 Å². The largest absolute Gasteiger partial charge is 0.383 e. The molecule has 1 atom stereocenters. The van der Waals surface area contributed by atoms with Crippen LogP contribution in [0.25, 0.3) is 0 Å². The van der Waals surface area contributed by atoms with Crippen molar-refractivity contribution >= 4 is 23.6 Å². The van der Waals surface area contributed by atoms with E-state index in [2.05, 4.69) is 9.97 Å². The number of carbonyl (C=O) groups is 2. The van der Waals surface area contributed by atoms with Gasteiger partial charge in [0.2, 0.25) is 5.91 Å². The number of thioether (sulfide) groups is 1. The van der Waals surface area contributed by atoms with E-state index in [1.807, 2.05) is 16.1 Å². The second-order valence-electron chi connectivity index (χ2n) is 7.76. The van der Waals surface area contributed by atoms with E-state index in [1.165, 1.54) is 0 Å². The van der Waals surface area contributed by atoms with E-state index < -0.39 is 6.10 Å². The first-order valence-corrected chi connectivity index (χ1v) is 11.1. The predicted octanol–water partition coefficient (Wildman–Crippen LogP) is 1.30. The first-order chi connectivity index (χ1) is 13.0. The Morgan fingerprint density at radius 1 is 1.41 bits per heavy atom. The Kier molecular flexibility index (Phi) is 6.81. The molecule has 0 aromatic carbocycles. The molecule has 0 radical (unpaired) electrons. The maximum Gasteiger partial charge on any atom is 0.251 e. The quantitative estimate of drug-likeness (QED) is 0.728. The molecular weight excluding hydrogens is 364 g/mol. The topological polar surface area (TPSA) is 89.5 Å². The van der Waals surface area contributed by atoms with Gasteiger partial charge >= 0.3 is 0 Å². The number of likely N-dealkylation sites (tertiary alicyclic amines) is 2. The molecule has 0 aliphatic carbocycles. The molecule has 150 valence electrons. The van der Waals surface area contributed by atoms with Crippen LogP contribution in [-0.2, 0) is 16.0 Å². The Hall–Kier alpha value is -1.54. The first-order valence-electron chi connectivity index (χ1n) is 9.74. The number of aliphatic hydroxyl groups is 1. The number of piperidine rings is 2. The highest BCUT2D eigenvalue weighted by Crippen LogP contribution is 2.40. The number of carbonyl (C=O) groups excluding carboxylic acids is 2. The number of aliphatic hydroxyl groups excluding tert-OH is 1. The number of nitrogens with zero attached hydrogens (tertiary/aromatic N) is 3. The van der Waals surface area contributed by atoms with Gasteiger partial charge in [-0.1, -0.05) is 0 Å². The number of aromatic amines is 1. The Labute approximate surface area is 164 Å². The molecule has 2 fully saturated rings. The second kappa shape index (κ2) is 9.10. The number of nitrogens with one attached hydrogen (secondary N) is 1. The summed E-state index contributed by atoms with van der Waals surface area (Å²) in [5.41, 5.74) is 1.16. The average Bonchev–Trinajstić information content (AvgIpc) is 3.21. The summed E-state index contributed by atoms with van der Waals surface area (Å²) in [5.74, 6) is 0.881. The summed E-state index contributed by atoms with van der Waals surface area (Å²) in [6.45, 7) is 2.84. The van der Waals surface area contributed by atoms with Gasteiger partial charge in [-0.2, -0.15) is 11.8 Å². The zero-order valence-electron chi connectivity index (χ0n) is 16.0. The van der Waals surface area contributed by atoms with Crippen LogP contribution < -0.4 is 0 Å². The number of imidazole rings is 1. The van der Waals surface area contributed by atoms with Crippen molar-refractivity contribution in [2.45, 2.75) is 44.6 Å². The molecule has 0 bridgehead atoms. The number of hydrogen-bond donors (Lipinski definition) is 2. The first kappa shape index (κ1) is 20.2. The molecular formula is C19H30N4O3S. The third kappa shape index (κ3) is 5.04. The summed E-state index contributed by atoms with van der Waals surface area (Å²) in [7, 11) is 0. The lowest BCUT2D eigenvalue weighted by molar-refractivity contribution is -0.146. The molecule has 0 saturated carbocycles. The monoisotopic (exact) mass is 394 g/mol. The fourth-order valence-corrected chi connectivity index (χ4v) is 4.62. The fraction of sp³-hybridized carbons (Fsp3) is 0.737. The van der Waals surface area contributed by atoms with E-state index in [0.717, 1.165) is 43.7 Å². The molecule has 1 aromatic heterocycles. The van der Waals surface area contributed by atoms with Crippen LogP contribution in [-0.4, -0.2) is 81.0 Å². The van der Waals surface area contributed by atoms with Crippen LogP contribution in [0.5, 0.6) is 0 Å². The van der Waals surface area contributed by atoms with E-state index in [4.69, 9.17) is 0 Å². The lowest BCUT2D eigenvalue weighted by Crippen LogP contribution is -2.53. The molecule has 1 unspecified atom stereocenters. The molecule has 1 spiro atoms. The molecule has 3 heterocycles. The van der Waals surface area contributed by atoms with Crippen molar-refractivity contribution in [1.29, 1.82) is 0 Å². The minimum Gasteiger partial charge on any atom is -0.383 e. The van der Waals surface area contributed by atoms with Crippen LogP contribution in [0.1, 0.15) is 37.8 Å². The fourth-order valence-electron chi connectivity index (χ4n) is 4.16. The normalized spacial score (nSPS) is 20.9. The number of amides is 2. The Morgan fingerprint density at radius 2 is 2.19 bits per heavy atom. The van der Waals surface area contributed by atoms with Gasteiger partial charge in [-0.25, -0.2) is 4.98 Å². The summed E-state index contributed by atoms with van der Waals surface area (Å²) < 4.78 is 0. The summed E-state index contributed by atoms with van der Waals surface area (Å²) >= 11 is 1.64. The molecule has 7 nitrogen and oxygen atoms in total. The highest BCUT2D eigenvalue weighted by Gasteiger charge is 2.42. The Balaban J connectivity index is 1.52. The summed E-state index contributed by atoms with van der Waals surface area (Å²) in [6.07, 6.45) is 9.16. The van der Waals surface area contributed by atoms with Crippen LogP contribution in [0.15, 0.2) is 12.5 Å². The van der Waals surface area contributed by atoms with E-state index in [9.17, 15) is 14.7 Å². The maximum absolute atomic E-state index is 12.4. The molecule has 2 saturated heterocycles. The van der Waals surface area contributed by atoms with Gasteiger partial charge in [0.25, 0.3) is 5.91 Å². The maximum atomic E-state index is 12.4. The van der Waals surface area contributed by atoms with Crippen molar-refractivity contribution in [3.05, 3.63) is 18.2 Å². The summed E-state index contributed by atoms with van der Waals surface area (Å²) in [5, 5.41) is 10.1. The van der Waals surface area contributed by atoms with Crippen molar-refractivity contribution in [2.75, 3.05) is 38.2 Å². The summed E-state index contributed by atoms with van der Waals surface area (Å²) in [6, 6.07) is 0. The summed E-state index contributed by atoms with van der Waals surface area (Å²) in [4.78, 5) is 35.7. The van der Waals surface area contributed by atoms with Crippen molar-refractivity contribution in [2.24, 2.45) is 5.41 Å². The lowest BCUT2D eigenvalue weighted by Gasteiger charge is -2.47. The Morgan fingerprint density at radius 3 is 2.85 bits per heavy atom. The van der Waals surface area contributed by atoms with Gasteiger partial charge in [0.15, 0.2) is 0 Å². The smallest absolute Gasteiger partial charge is 0.251 e. The van der Waals surface area contributed by atoms with Crippen molar-refractivity contribution in [1.82, 2.24) is 19.8 Å². The van der Waals surface area contributed by atoms with Crippen LogP contribution in [0.4, 0.5) is 0 Å². The van der Waals surface area contributed by atoms with E-state index >= 15 is 0 Å². The molecule has 1 aromatic rings. The van der Waals surface area contributed by atoms with Gasteiger partial charge in [0.05, 0.1) is 6.33 Å².